The minimum atomic E-state index is -1.30. The van der Waals surface area contributed by atoms with E-state index in [1.54, 1.807) is 6.92 Å². The van der Waals surface area contributed by atoms with Crippen molar-refractivity contribution in [2.45, 2.75) is 6.92 Å². The Morgan fingerprint density at radius 3 is 2.05 bits per heavy atom. The maximum atomic E-state index is 12.1. The largest absolute Gasteiger partial charge is 0.508 e. The first-order valence-electron chi connectivity index (χ1n) is 5.33. The molecule has 19 heavy (non-hydrogen) atoms. The number of benzene rings is 1. The van der Waals surface area contributed by atoms with Gasteiger partial charge in [0.05, 0.1) is 0 Å². The zero-order valence-corrected chi connectivity index (χ0v) is 10.2. The number of carboxylic acid groups (broad SMARTS) is 2. The molecule has 0 bridgehead atoms. The smallest absolute Gasteiger partial charge is 0.323 e. The van der Waals surface area contributed by atoms with E-state index in [9.17, 15) is 19.5 Å². The summed E-state index contributed by atoms with van der Waals surface area (Å²) in [4.78, 5) is 34.1. The van der Waals surface area contributed by atoms with Crippen LogP contribution in [-0.2, 0) is 9.59 Å². The first kappa shape index (κ1) is 14.5. The van der Waals surface area contributed by atoms with E-state index in [-0.39, 0.29) is 11.3 Å². The summed E-state index contributed by atoms with van der Waals surface area (Å²) in [6.07, 6.45) is 0. The molecule has 7 heteroatoms. The van der Waals surface area contributed by atoms with Gasteiger partial charge in [-0.15, -0.1) is 0 Å². The highest BCUT2D eigenvalue weighted by Gasteiger charge is 2.22. The molecule has 3 N–H and O–H groups in total. The third kappa shape index (κ3) is 3.98. The number of amides is 1. The van der Waals surface area contributed by atoms with E-state index in [1.165, 1.54) is 18.2 Å². The Morgan fingerprint density at radius 2 is 1.63 bits per heavy atom. The summed E-state index contributed by atoms with van der Waals surface area (Å²) < 4.78 is 0. The van der Waals surface area contributed by atoms with Crippen LogP contribution in [-0.4, -0.2) is 51.2 Å². The standard InChI is InChI=1S/C12H13NO6/c1-7-4-8(14)2-3-9(7)12(19)13(5-10(15)16)6-11(17)18/h2-4,14H,5-6H2,1H3,(H,15,16)(H,17,18). The van der Waals surface area contributed by atoms with Gasteiger partial charge in [0.2, 0.25) is 0 Å². The number of phenolic OH excluding ortho intramolecular Hbond substituents is 1. The van der Waals surface area contributed by atoms with Crippen molar-refractivity contribution in [2.75, 3.05) is 13.1 Å². The molecule has 1 rings (SSSR count). The molecule has 0 aliphatic rings. The van der Waals surface area contributed by atoms with Gasteiger partial charge in [-0.1, -0.05) is 0 Å². The van der Waals surface area contributed by atoms with Crippen LogP contribution in [0.1, 0.15) is 15.9 Å². The minimum Gasteiger partial charge on any atom is -0.508 e. The van der Waals surface area contributed by atoms with Gasteiger partial charge in [0.25, 0.3) is 5.91 Å². The van der Waals surface area contributed by atoms with Crippen LogP contribution in [0.4, 0.5) is 0 Å². The van der Waals surface area contributed by atoms with Crippen molar-refractivity contribution in [3.8, 4) is 5.75 Å². The second-order valence-corrected chi connectivity index (χ2v) is 3.95. The molecular formula is C12H13NO6. The van der Waals surface area contributed by atoms with Crippen molar-refractivity contribution in [3.05, 3.63) is 29.3 Å². The zero-order chi connectivity index (χ0) is 14.6. The number of carbonyl (C=O) groups excluding carboxylic acids is 1. The fourth-order valence-corrected chi connectivity index (χ4v) is 1.58. The lowest BCUT2D eigenvalue weighted by atomic mass is 10.1. The Labute approximate surface area is 108 Å². The summed E-state index contributed by atoms with van der Waals surface area (Å²) in [5.74, 6) is -3.34. The number of rotatable bonds is 5. The van der Waals surface area contributed by atoms with Crippen LogP contribution in [0, 0.1) is 6.92 Å². The summed E-state index contributed by atoms with van der Waals surface area (Å²) in [5.41, 5.74) is 0.589. The van der Waals surface area contributed by atoms with E-state index in [2.05, 4.69) is 0 Å². The highest BCUT2D eigenvalue weighted by atomic mass is 16.4. The van der Waals surface area contributed by atoms with Crippen molar-refractivity contribution in [3.63, 3.8) is 0 Å². The normalized spacial score (nSPS) is 9.95. The molecule has 7 nitrogen and oxygen atoms in total. The summed E-state index contributed by atoms with van der Waals surface area (Å²) >= 11 is 0. The van der Waals surface area contributed by atoms with Crippen molar-refractivity contribution >= 4 is 17.8 Å². The van der Waals surface area contributed by atoms with Crippen LogP contribution in [0.3, 0.4) is 0 Å². The number of nitrogens with zero attached hydrogens (tertiary/aromatic N) is 1. The van der Waals surface area contributed by atoms with Gasteiger partial charge < -0.3 is 20.2 Å². The number of carboxylic acids is 2. The molecule has 0 aromatic heterocycles. The monoisotopic (exact) mass is 267 g/mol. The van der Waals surface area contributed by atoms with Gasteiger partial charge in [-0.05, 0) is 30.7 Å². The zero-order valence-electron chi connectivity index (χ0n) is 10.2. The second kappa shape index (κ2) is 5.85. The summed E-state index contributed by atoms with van der Waals surface area (Å²) in [7, 11) is 0. The molecule has 0 saturated heterocycles. The van der Waals surface area contributed by atoms with Crippen LogP contribution < -0.4 is 0 Å². The van der Waals surface area contributed by atoms with Crippen LogP contribution in [0.15, 0.2) is 18.2 Å². The molecule has 0 spiro atoms. The Bertz CT molecular complexity index is 509. The molecule has 0 aliphatic heterocycles. The lowest BCUT2D eigenvalue weighted by Gasteiger charge is -2.19. The fourth-order valence-electron chi connectivity index (χ4n) is 1.58. The number of hydrogen-bond donors (Lipinski definition) is 3. The topological polar surface area (TPSA) is 115 Å². The second-order valence-electron chi connectivity index (χ2n) is 3.95. The van der Waals surface area contributed by atoms with E-state index in [4.69, 9.17) is 10.2 Å². The number of carbonyl (C=O) groups is 3. The predicted molar refractivity (Wildman–Crippen MR) is 64.0 cm³/mol. The Hall–Kier alpha value is -2.57. The average Bonchev–Trinajstić information content (AvgIpc) is 2.26. The molecule has 0 saturated carbocycles. The average molecular weight is 267 g/mol. The van der Waals surface area contributed by atoms with Gasteiger partial charge in [0.1, 0.15) is 18.8 Å². The van der Waals surface area contributed by atoms with E-state index in [0.29, 0.717) is 10.5 Å². The predicted octanol–water partition coefficient (Wildman–Crippen LogP) is 0.312. The van der Waals surface area contributed by atoms with Crippen LogP contribution in [0.5, 0.6) is 5.75 Å². The van der Waals surface area contributed by atoms with Crippen LogP contribution in [0.25, 0.3) is 0 Å². The van der Waals surface area contributed by atoms with E-state index in [1.807, 2.05) is 0 Å². The van der Waals surface area contributed by atoms with E-state index in [0.717, 1.165) is 0 Å². The maximum absolute atomic E-state index is 12.1. The first-order valence-corrected chi connectivity index (χ1v) is 5.33. The number of aromatic hydroxyl groups is 1. The molecule has 0 aliphatic carbocycles. The molecular weight excluding hydrogens is 254 g/mol. The lowest BCUT2D eigenvalue weighted by Crippen LogP contribution is -2.39. The third-order valence-electron chi connectivity index (χ3n) is 2.38. The highest BCUT2D eigenvalue weighted by Crippen LogP contribution is 2.17. The van der Waals surface area contributed by atoms with Gasteiger partial charge >= 0.3 is 11.9 Å². The van der Waals surface area contributed by atoms with Crippen molar-refractivity contribution in [1.29, 1.82) is 0 Å². The number of aryl methyl sites for hydroxylation is 1. The molecule has 1 aromatic carbocycles. The maximum Gasteiger partial charge on any atom is 0.323 e. The fraction of sp³-hybridized carbons (Fsp3) is 0.250. The SMILES string of the molecule is Cc1cc(O)ccc1C(=O)N(CC(=O)O)CC(=O)O. The Morgan fingerprint density at radius 1 is 1.11 bits per heavy atom. The highest BCUT2D eigenvalue weighted by molar-refractivity contribution is 5.98. The van der Waals surface area contributed by atoms with Crippen molar-refractivity contribution < 1.29 is 29.7 Å². The summed E-state index contributed by atoms with van der Waals surface area (Å²) in [5, 5.41) is 26.6. The molecule has 0 heterocycles. The van der Waals surface area contributed by atoms with Crippen molar-refractivity contribution in [1.82, 2.24) is 4.90 Å². The molecule has 0 atom stereocenters. The van der Waals surface area contributed by atoms with Gasteiger partial charge in [0, 0.05) is 5.56 Å². The van der Waals surface area contributed by atoms with Crippen LogP contribution >= 0.6 is 0 Å². The van der Waals surface area contributed by atoms with E-state index < -0.39 is 30.9 Å². The first-order chi connectivity index (χ1) is 8.81. The number of phenols is 1. The van der Waals surface area contributed by atoms with Crippen molar-refractivity contribution in [2.24, 2.45) is 0 Å². The summed E-state index contributed by atoms with van der Waals surface area (Å²) in [6, 6.07) is 3.94. The van der Waals surface area contributed by atoms with Gasteiger partial charge in [-0.25, -0.2) is 0 Å². The summed E-state index contributed by atoms with van der Waals surface area (Å²) in [6.45, 7) is 0.156. The van der Waals surface area contributed by atoms with Gasteiger partial charge in [-0.3, -0.25) is 14.4 Å². The molecule has 102 valence electrons. The lowest BCUT2D eigenvalue weighted by molar-refractivity contribution is -0.140. The van der Waals surface area contributed by atoms with Crippen LogP contribution in [0.2, 0.25) is 0 Å². The number of aliphatic carboxylic acids is 2. The Kier molecular flexibility index (Phi) is 4.46. The minimum absolute atomic E-state index is 0.0305. The Balaban J connectivity index is 3.04. The molecule has 0 unspecified atom stereocenters. The molecule has 1 aromatic rings. The number of hydrogen-bond acceptors (Lipinski definition) is 4. The van der Waals surface area contributed by atoms with Gasteiger partial charge in [0.15, 0.2) is 0 Å². The van der Waals surface area contributed by atoms with Gasteiger partial charge in [-0.2, -0.15) is 0 Å². The van der Waals surface area contributed by atoms with E-state index >= 15 is 0 Å². The third-order valence-corrected chi connectivity index (χ3v) is 2.38. The molecule has 0 fully saturated rings. The molecule has 1 amide bonds. The molecule has 0 radical (unpaired) electrons. The quantitative estimate of drug-likeness (QED) is 0.707.